The number of amides is 2. The molecular formula is C14H21N3O2. The van der Waals surface area contributed by atoms with E-state index < -0.39 is 0 Å². The summed E-state index contributed by atoms with van der Waals surface area (Å²) in [6.07, 6.45) is 0.371. The van der Waals surface area contributed by atoms with Crippen LogP contribution in [-0.2, 0) is 4.79 Å². The number of hydrogen-bond acceptors (Lipinski definition) is 3. The van der Waals surface area contributed by atoms with Gasteiger partial charge in [-0.25, -0.2) is 0 Å². The minimum atomic E-state index is -0.212. The largest absolute Gasteiger partial charge is 0.355 e. The van der Waals surface area contributed by atoms with E-state index in [4.69, 9.17) is 0 Å². The van der Waals surface area contributed by atoms with Crippen LogP contribution in [0.1, 0.15) is 30.6 Å². The van der Waals surface area contributed by atoms with Gasteiger partial charge in [0.15, 0.2) is 0 Å². The molecule has 0 saturated heterocycles. The topological polar surface area (TPSA) is 70.2 Å². The summed E-state index contributed by atoms with van der Waals surface area (Å²) in [4.78, 5) is 23.5. The number of para-hydroxylation sites is 1. The van der Waals surface area contributed by atoms with Gasteiger partial charge in [0.05, 0.1) is 11.3 Å². The molecule has 0 heterocycles. The maximum atomic E-state index is 11.9. The predicted octanol–water partition coefficient (Wildman–Crippen LogP) is 1.37. The Morgan fingerprint density at radius 2 is 1.95 bits per heavy atom. The molecule has 1 rings (SSSR count). The van der Waals surface area contributed by atoms with Crippen molar-refractivity contribution in [3.63, 3.8) is 0 Å². The second kappa shape index (κ2) is 7.53. The summed E-state index contributed by atoms with van der Waals surface area (Å²) in [5.41, 5.74) is 1.00. The van der Waals surface area contributed by atoms with Crippen LogP contribution in [0.3, 0.4) is 0 Å². The molecule has 19 heavy (non-hydrogen) atoms. The standard InChI is InChI=1S/C14H21N3O2/c1-4-16-10(2)9-13(18)17-12-8-6-5-7-11(12)14(19)15-3/h5-8,10,16H,4,9H2,1-3H3,(H,15,19)(H,17,18). The highest BCUT2D eigenvalue weighted by molar-refractivity contribution is 6.03. The van der Waals surface area contributed by atoms with Gasteiger partial charge in [-0.2, -0.15) is 0 Å². The average molecular weight is 263 g/mol. The van der Waals surface area contributed by atoms with E-state index in [0.717, 1.165) is 6.54 Å². The van der Waals surface area contributed by atoms with Crippen LogP contribution in [-0.4, -0.2) is 31.4 Å². The number of benzene rings is 1. The van der Waals surface area contributed by atoms with E-state index in [1.165, 1.54) is 0 Å². The summed E-state index contributed by atoms with van der Waals surface area (Å²) in [6, 6.07) is 7.07. The second-order valence-corrected chi connectivity index (χ2v) is 4.34. The molecule has 5 heteroatoms. The summed E-state index contributed by atoms with van der Waals surface area (Å²) >= 11 is 0. The van der Waals surface area contributed by atoms with E-state index in [2.05, 4.69) is 16.0 Å². The highest BCUT2D eigenvalue weighted by Crippen LogP contribution is 2.15. The van der Waals surface area contributed by atoms with Gasteiger partial charge in [0, 0.05) is 19.5 Å². The first-order chi connectivity index (χ1) is 9.08. The predicted molar refractivity (Wildman–Crippen MR) is 76.2 cm³/mol. The van der Waals surface area contributed by atoms with Crippen LogP contribution in [0.15, 0.2) is 24.3 Å². The normalized spacial score (nSPS) is 11.7. The van der Waals surface area contributed by atoms with E-state index in [-0.39, 0.29) is 17.9 Å². The zero-order valence-electron chi connectivity index (χ0n) is 11.6. The van der Waals surface area contributed by atoms with Crippen molar-refractivity contribution in [2.75, 3.05) is 18.9 Å². The van der Waals surface area contributed by atoms with Gasteiger partial charge in [-0.3, -0.25) is 9.59 Å². The van der Waals surface area contributed by atoms with Crippen molar-refractivity contribution in [2.24, 2.45) is 0 Å². The third kappa shape index (κ3) is 4.71. The molecule has 0 bridgehead atoms. The lowest BCUT2D eigenvalue weighted by Crippen LogP contribution is -2.30. The summed E-state index contributed by atoms with van der Waals surface area (Å²) in [7, 11) is 1.56. The van der Waals surface area contributed by atoms with Gasteiger partial charge in [0.1, 0.15) is 0 Å². The molecule has 0 radical (unpaired) electrons. The van der Waals surface area contributed by atoms with Crippen LogP contribution in [0, 0.1) is 0 Å². The van der Waals surface area contributed by atoms with E-state index >= 15 is 0 Å². The molecule has 0 spiro atoms. The van der Waals surface area contributed by atoms with Crippen LogP contribution in [0.5, 0.6) is 0 Å². The van der Waals surface area contributed by atoms with Crippen molar-refractivity contribution in [3.8, 4) is 0 Å². The summed E-state index contributed by atoms with van der Waals surface area (Å²) in [6.45, 7) is 4.77. The van der Waals surface area contributed by atoms with Crippen LogP contribution < -0.4 is 16.0 Å². The lowest BCUT2D eigenvalue weighted by atomic mass is 10.1. The van der Waals surface area contributed by atoms with Gasteiger partial charge in [0.2, 0.25) is 5.91 Å². The molecule has 2 amide bonds. The number of anilines is 1. The van der Waals surface area contributed by atoms with Crippen molar-refractivity contribution in [2.45, 2.75) is 26.3 Å². The molecule has 3 N–H and O–H groups in total. The molecule has 104 valence electrons. The first kappa shape index (κ1) is 15.2. The minimum absolute atomic E-state index is 0.107. The molecule has 0 saturated carbocycles. The average Bonchev–Trinajstić information content (AvgIpc) is 2.38. The van der Waals surface area contributed by atoms with E-state index in [9.17, 15) is 9.59 Å². The molecule has 0 aliphatic carbocycles. The highest BCUT2D eigenvalue weighted by Gasteiger charge is 2.13. The molecule has 1 unspecified atom stereocenters. The van der Waals surface area contributed by atoms with Gasteiger partial charge < -0.3 is 16.0 Å². The first-order valence-electron chi connectivity index (χ1n) is 6.42. The number of carbonyl (C=O) groups excluding carboxylic acids is 2. The Morgan fingerprint density at radius 1 is 1.26 bits per heavy atom. The van der Waals surface area contributed by atoms with Gasteiger partial charge in [0.25, 0.3) is 5.91 Å². The molecule has 1 aromatic rings. The third-order valence-electron chi connectivity index (χ3n) is 2.72. The maximum absolute atomic E-state index is 11.9. The Kier molecular flexibility index (Phi) is 6.02. The van der Waals surface area contributed by atoms with E-state index in [1.54, 1.807) is 31.3 Å². The van der Waals surface area contributed by atoms with Gasteiger partial charge in [-0.1, -0.05) is 19.1 Å². The minimum Gasteiger partial charge on any atom is -0.355 e. The molecule has 1 aromatic carbocycles. The summed E-state index contributed by atoms with van der Waals surface area (Å²) < 4.78 is 0. The van der Waals surface area contributed by atoms with Crippen molar-refractivity contribution in [1.29, 1.82) is 0 Å². The summed E-state index contributed by atoms with van der Waals surface area (Å²) in [5.74, 6) is -0.319. The fourth-order valence-electron chi connectivity index (χ4n) is 1.82. The zero-order valence-corrected chi connectivity index (χ0v) is 11.6. The fourth-order valence-corrected chi connectivity index (χ4v) is 1.82. The van der Waals surface area contributed by atoms with E-state index in [1.807, 2.05) is 13.8 Å². The Balaban J connectivity index is 2.71. The lowest BCUT2D eigenvalue weighted by Gasteiger charge is -2.13. The molecule has 0 aliphatic heterocycles. The number of nitrogens with one attached hydrogen (secondary N) is 3. The first-order valence-corrected chi connectivity index (χ1v) is 6.42. The number of hydrogen-bond donors (Lipinski definition) is 3. The fraction of sp³-hybridized carbons (Fsp3) is 0.429. The van der Waals surface area contributed by atoms with Crippen molar-refractivity contribution in [1.82, 2.24) is 10.6 Å². The molecule has 0 aliphatic rings. The third-order valence-corrected chi connectivity index (χ3v) is 2.72. The summed E-state index contributed by atoms with van der Waals surface area (Å²) in [5, 5.41) is 8.50. The maximum Gasteiger partial charge on any atom is 0.253 e. The van der Waals surface area contributed by atoms with Crippen LogP contribution in [0.4, 0.5) is 5.69 Å². The van der Waals surface area contributed by atoms with Gasteiger partial charge in [-0.05, 0) is 25.6 Å². The number of carbonyl (C=O) groups is 2. The Morgan fingerprint density at radius 3 is 2.58 bits per heavy atom. The molecule has 0 aromatic heterocycles. The smallest absolute Gasteiger partial charge is 0.253 e. The van der Waals surface area contributed by atoms with Crippen molar-refractivity contribution >= 4 is 17.5 Å². The van der Waals surface area contributed by atoms with Crippen LogP contribution in [0.2, 0.25) is 0 Å². The monoisotopic (exact) mass is 263 g/mol. The molecule has 1 atom stereocenters. The highest BCUT2D eigenvalue weighted by atomic mass is 16.2. The Bertz CT molecular complexity index is 446. The lowest BCUT2D eigenvalue weighted by molar-refractivity contribution is -0.116. The molecular weight excluding hydrogens is 242 g/mol. The Labute approximate surface area is 113 Å². The SMILES string of the molecule is CCNC(C)CC(=O)Nc1ccccc1C(=O)NC. The molecule has 0 fully saturated rings. The van der Waals surface area contributed by atoms with Gasteiger partial charge in [-0.15, -0.1) is 0 Å². The quantitative estimate of drug-likeness (QED) is 0.726. The second-order valence-electron chi connectivity index (χ2n) is 4.34. The van der Waals surface area contributed by atoms with Crippen LogP contribution in [0.25, 0.3) is 0 Å². The zero-order chi connectivity index (χ0) is 14.3. The van der Waals surface area contributed by atoms with Crippen LogP contribution >= 0.6 is 0 Å². The Hall–Kier alpha value is -1.88. The van der Waals surface area contributed by atoms with E-state index in [0.29, 0.717) is 17.7 Å². The number of rotatable bonds is 6. The van der Waals surface area contributed by atoms with Crippen molar-refractivity contribution < 1.29 is 9.59 Å². The van der Waals surface area contributed by atoms with Gasteiger partial charge >= 0.3 is 0 Å². The van der Waals surface area contributed by atoms with Crippen molar-refractivity contribution in [3.05, 3.63) is 29.8 Å². The molecule has 5 nitrogen and oxygen atoms in total.